The Morgan fingerprint density at radius 1 is 1.15 bits per heavy atom. The van der Waals surface area contributed by atoms with Gasteiger partial charge in [-0.15, -0.1) is 0 Å². The van der Waals surface area contributed by atoms with Crippen LogP contribution in [0.2, 0.25) is 0 Å². The Morgan fingerprint density at radius 3 is 2.25 bits per heavy atom. The first-order valence-electron chi connectivity index (χ1n) is 7.12. The largest absolute Gasteiger partial charge is 0.478 e. The predicted molar refractivity (Wildman–Crippen MR) is 79.1 cm³/mol. The third-order valence-corrected chi connectivity index (χ3v) is 3.27. The highest BCUT2D eigenvalue weighted by molar-refractivity contribution is 6.04. The number of nitrogens with zero attached hydrogens (tertiary/aromatic N) is 1. The number of hydrogen-bond acceptors (Lipinski definition) is 2. The number of carboxylic acid groups (broad SMARTS) is 1. The quantitative estimate of drug-likeness (QED) is 0.777. The van der Waals surface area contributed by atoms with Gasteiger partial charge in [-0.3, -0.25) is 4.79 Å². The van der Waals surface area contributed by atoms with Crippen molar-refractivity contribution in [2.45, 2.75) is 46.1 Å². The Balaban J connectivity index is 2.97. The molecule has 0 unspecified atom stereocenters. The zero-order valence-corrected chi connectivity index (χ0v) is 12.4. The number of unbranched alkanes of at least 4 members (excludes halogenated alkanes) is 2. The first-order chi connectivity index (χ1) is 9.49. The van der Waals surface area contributed by atoms with Crippen LogP contribution in [0.4, 0.5) is 0 Å². The molecule has 1 aromatic rings. The molecule has 20 heavy (non-hydrogen) atoms. The van der Waals surface area contributed by atoms with E-state index in [1.54, 1.807) is 23.1 Å². The second kappa shape index (κ2) is 7.68. The molecule has 0 radical (unpaired) electrons. The van der Waals surface area contributed by atoms with E-state index in [2.05, 4.69) is 6.92 Å². The summed E-state index contributed by atoms with van der Waals surface area (Å²) in [5, 5.41) is 9.18. The van der Waals surface area contributed by atoms with Gasteiger partial charge >= 0.3 is 5.97 Å². The average molecular weight is 277 g/mol. The molecule has 4 heteroatoms. The smallest absolute Gasteiger partial charge is 0.336 e. The molecule has 0 aliphatic heterocycles. The van der Waals surface area contributed by atoms with Crippen LogP contribution in [0.25, 0.3) is 0 Å². The molecule has 0 spiro atoms. The molecule has 4 nitrogen and oxygen atoms in total. The van der Waals surface area contributed by atoms with E-state index in [4.69, 9.17) is 0 Å². The van der Waals surface area contributed by atoms with Gasteiger partial charge in [-0.25, -0.2) is 4.79 Å². The third kappa shape index (κ3) is 4.08. The van der Waals surface area contributed by atoms with Gasteiger partial charge in [-0.05, 0) is 32.4 Å². The summed E-state index contributed by atoms with van der Waals surface area (Å²) < 4.78 is 0. The van der Waals surface area contributed by atoms with Gasteiger partial charge in [-0.1, -0.05) is 31.9 Å². The third-order valence-electron chi connectivity index (χ3n) is 3.27. The van der Waals surface area contributed by atoms with Crippen molar-refractivity contribution >= 4 is 11.9 Å². The summed E-state index contributed by atoms with van der Waals surface area (Å²) >= 11 is 0. The summed E-state index contributed by atoms with van der Waals surface area (Å²) in [6.07, 6.45) is 3.10. The van der Waals surface area contributed by atoms with Gasteiger partial charge in [0.15, 0.2) is 0 Å². The van der Waals surface area contributed by atoms with E-state index >= 15 is 0 Å². The lowest BCUT2D eigenvalue weighted by atomic mass is 10.1. The number of carbonyl (C=O) groups excluding carboxylic acids is 1. The Hall–Kier alpha value is -1.84. The minimum absolute atomic E-state index is 0.0567. The minimum Gasteiger partial charge on any atom is -0.478 e. The van der Waals surface area contributed by atoms with E-state index in [9.17, 15) is 14.7 Å². The molecular formula is C16H23NO3. The lowest BCUT2D eigenvalue weighted by Crippen LogP contribution is -2.38. The highest BCUT2D eigenvalue weighted by Crippen LogP contribution is 2.15. The van der Waals surface area contributed by atoms with E-state index < -0.39 is 5.97 Å². The second-order valence-electron chi connectivity index (χ2n) is 5.15. The van der Waals surface area contributed by atoms with Crippen LogP contribution in [0, 0.1) is 0 Å². The molecular weight excluding hydrogens is 254 g/mol. The molecule has 1 amide bonds. The molecule has 0 saturated heterocycles. The van der Waals surface area contributed by atoms with Crippen LogP contribution in [0.3, 0.4) is 0 Å². The number of amides is 1. The number of aromatic carboxylic acids is 1. The summed E-state index contributed by atoms with van der Waals surface area (Å²) in [6, 6.07) is 6.45. The Kier molecular flexibility index (Phi) is 6.22. The number of carbonyl (C=O) groups is 2. The summed E-state index contributed by atoms with van der Waals surface area (Å²) in [6.45, 7) is 6.68. The Morgan fingerprint density at radius 2 is 1.75 bits per heavy atom. The van der Waals surface area contributed by atoms with Crippen molar-refractivity contribution in [1.29, 1.82) is 0 Å². The normalized spacial score (nSPS) is 10.6. The van der Waals surface area contributed by atoms with Crippen LogP contribution in [0.15, 0.2) is 24.3 Å². The zero-order valence-electron chi connectivity index (χ0n) is 12.4. The predicted octanol–water partition coefficient (Wildman–Crippen LogP) is 3.43. The van der Waals surface area contributed by atoms with Gasteiger partial charge in [0.05, 0.1) is 11.1 Å². The molecule has 0 atom stereocenters. The molecule has 0 saturated carbocycles. The number of hydrogen-bond donors (Lipinski definition) is 1. The molecule has 0 aliphatic rings. The topological polar surface area (TPSA) is 57.6 Å². The summed E-state index contributed by atoms with van der Waals surface area (Å²) in [4.78, 5) is 25.5. The van der Waals surface area contributed by atoms with Crippen LogP contribution < -0.4 is 0 Å². The summed E-state index contributed by atoms with van der Waals surface area (Å²) in [5.41, 5.74) is 0.337. The van der Waals surface area contributed by atoms with Gasteiger partial charge in [0, 0.05) is 12.6 Å². The van der Waals surface area contributed by atoms with Crippen molar-refractivity contribution in [3.63, 3.8) is 0 Å². The Labute approximate surface area is 120 Å². The van der Waals surface area contributed by atoms with Crippen molar-refractivity contribution in [2.24, 2.45) is 0 Å². The van der Waals surface area contributed by atoms with E-state index in [0.717, 1.165) is 19.3 Å². The van der Waals surface area contributed by atoms with E-state index in [0.29, 0.717) is 6.54 Å². The van der Waals surface area contributed by atoms with Crippen molar-refractivity contribution in [3.05, 3.63) is 35.4 Å². The molecule has 0 fully saturated rings. The highest BCUT2D eigenvalue weighted by Gasteiger charge is 2.22. The molecule has 0 aliphatic carbocycles. The maximum atomic E-state index is 12.6. The van der Waals surface area contributed by atoms with Crippen molar-refractivity contribution in [3.8, 4) is 0 Å². The van der Waals surface area contributed by atoms with Gasteiger partial charge in [-0.2, -0.15) is 0 Å². The lowest BCUT2D eigenvalue weighted by Gasteiger charge is -2.27. The minimum atomic E-state index is -1.06. The maximum Gasteiger partial charge on any atom is 0.336 e. The SMILES string of the molecule is CCCCCN(C(=O)c1ccccc1C(=O)O)C(C)C. The van der Waals surface area contributed by atoms with E-state index in [1.807, 2.05) is 13.8 Å². The van der Waals surface area contributed by atoms with Gasteiger partial charge in [0.1, 0.15) is 0 Å². The number of rotatable bonds is 7. The summed E-state index contributed by atoms with van der Waals surface area (Å²) in [7, 11) is 0. The van der Waals surface area contributed by atoms with Gasteiger partial charge in [0.25, 0.3) is 5.91 Å². The maximum absolute atomic E-state index is 12.6. The first-order valence-corrected chi connectivity index (χ1v) is 7.12. The fourth-order valence-corrected chi connectivity index (χ4v) is 2.14. The highest BCUT2D eigenvalue weighted by atomic mass is 16.4. The zero-order chi connectivity index (χ0) is 15.1. The van der Waals surface area contributed by atoms with Crippen LogP contribution in [0.5, 0.6) is 0 Å². The monoisotopic (exact) mass is 277 g/mol. The van der Waals surface area contributed by atoms with Gasteiger partial charge in [0.2, 0.25) is 0 Å². The second-order valence-corrected chi connectivity index (χ2v) is 5.15. The van der Waals surface area contributed by atoms with Crippen molar-refractivity contribution < 1.29 is 14.7 Å². The van der Waals surface area contributed by atoms with Crippen LogP contribution in [-0.4, -0.2) is 34.5 Å². The standard InChI is InChI=1S/C16H23NO3/c1-4-5-8-11-17(12(2)3)15(18)13-9-6-7-10-14(13)16(19)20/h6-7,9-10,12H,4-5,8,11H2,1-3H3,(H,19,20). The molecule has 1 N–H and O–H groups in total. The molecule has 1 aromatic carbocycles. The fourth-order valence-electron chi connectivity index (χ4n) is 2.14. The molecule has 0 aromatic heterocycles. The molecule has 0 bridgehead atoms. The van der Waals surface area contributed by atoms with Gasteiger partial charge < -0.3 is 10.0 Å². The van der Waals surface area contributed by atoms with Crippen LogP contribution >= 0.6 is 0 Å². The van der Waals surface area contributed by atoms with E-state index in [1.165, 1.54) is 6.07 Å². The summed E-state index contributed by atoms with van der Waals surface area (Å²) in [5.74, 6) is -1.26. The lowest BCUT2D eigenvalue weighted by molar-refractivity contribution is 0.0656. The first kappa shape index (κ1) is 16.2. The molecule has 0 heterocycles. The van der Waals surface area contributed by atoms with Crippen molar-refractivity contribution in [2.75, 3.05) is 6.54 Å². The van der Waals surface area contributed by atoms with Crippen LogP contribution in [-0.2, 0) is 0 Å². The van der Waals surface area contributed by atoms with Crippen molar-refractivity contribution in [1.82, 2.24) is 4.90 Å². The Bertz CT molecular complexity index is 469. The van der Waals surface area contributed by atoms with E-state index in [-0.39, 0.29) is 23.1 Å². The molecule has 110 valence electrons. The molecule has 1 rings (SSSR count). The average Bonchev–Trinajstić information content (AvgIpc) is 2.42. The number of carboxylic acids is 1. The fraction of sp³-hybridized carbons (Fsp3) is 0.500. The van der Waals surface area contributed by atoms with Crippen LogP contribution in [0.1, 0.15) is 60.7 Å². The number of benzene rings is 1.